The Morgan fingerprint density at radius 2 is 1.76 bits per heavy atom. The van der Waals surface area contributed by atoms with Crippen LogP contribution in [0, 0.1) is 5.92 Å². The van der Waals surface area contributed by atoms with Crippen molar-refractivity contribution in [3.8, 4) is 0 Å². The summed E-state index contributed by atoms with van der Waals surface area (Å²) in [6, 6.07) is 11.5. The van der Waals surface area contributed by atoms with E-state index in [2.05, 4.69) is 25.5 Å². The summed E-state index contributed by atoms with van der Waals surface area (Å²) in [5, 5.41) is 15.4. The third kappa shape index (κ3) is 5.11. The van der Waals surface area contributed by atoms with Crippen molar-refractivity contribution >= 4 is 40.7 Å². The lowest BCUT2D eigenvalue weighted by Crippen LogP contribution is -2.39. The maximum Gasteiger partial charge on any atom is 0.227 e. The van der Waals surface area contributed by atoms with Gasteiger partial charge in [-0.25, -0.2) is 0 Å². The van der Waals surface area contributed by atoms with Gasteiger partial charge in [-0.15, -0.1) is 15.3 Å². The van der Waals surface area contributed by atoms with E-state index in [0.29, 0.717) is 12.1 Å². The van der Waals surface area contributed by atoms with E-state index in [9.17, 15) is 9.59 Å². The number of anilines is 2. The average molecular weight is 466 g/mol. The lowest BCUT2D eigenvalue weighted by Gasteiger charge is -2.32. The van der Waals surface area contributed by atoms with Crippen molar-refractivity contribution in [3.63, 3.8) is 0 Å². The topological polar surface area (TPSA) is 95.7 Å². The van der Waals surface area contributed by atoms with Crippen molar-refractivity contribution < 1.29 is 9.59 Å². The summed E-state index contributed by atoms with van der Waals surface area (Å²) >= 11 is 1.90. The van der Waals surface area contributed by atoms with Gasteiger partial charge in [0.25, 0.3) is 0 Å². The Kier molecular flexibility index (Phi) is 6.43. The molecule has 0 atom stereocenters. The minimum Gasteiger partial charge on any atom is -0.355 e. The minimum absolute atomic E-state index is 0.0295. The van der Waals surface area contributed by atoms with Gasteiger partial charge in [0.2, 0.25) is 11.8 Å². The number of amides is 2. The molecule has 2 fully saturated rings. The first-order chi connectivity index (χ1) is 16.2. The summed E-state index contributed by atoms with van der Waals surface area (Å²) in [6.07, 6.45) is 3.54. The van der Waals surface area contributed by atoms with Gasteiger partial charge in [-0.05, 0) is 42.7 Å². The van der Waals surface area contributed by atoms with E-state index in [0.717, 1.165) is 67.6 Å². The van der Waals surface area contributed by atoms with Crippen LogP contribution in [0.4, 0.5) is 11.5 Å². The highest BCUT2D eigenvalue weighted by molar-refractivity contribution is 7.99. The number of thioether (sulfide) groups is 1. The molecule has 4 heterocycles. The Morgan fingerprint density at radius 1 is 1.00 bits per heavy atom. The molecule has 1 N–H and O–H groups in total. The number of piperidine rings is 1. The monoisotopic (exact) mass is 465 g/mol. The molecule has 3 aromatic rings. The highest BCUT2D eigenvalue weighted by atomic mass is 32.2. The molecule has 10 heteroatoms. The Morgan fingerprint density at radius 3 is 2.52 bits per heavy atom. The van der Waals surface area contributed by atoms with E-state index in [-0.39, 0.29) is 17.7 Å². The second-order valence-corrected chi connectivity index (χ2v) is 9.67. The predicted molar refractivity (Wildman–Crippen MR) is 128 cm³/mol. The van der Waals surface area contributed by atoms with E-state index in [4.69, 9.17) is 0 Å². The zero-order chi connectivity index (χ0) is 22.6. The van der Waals surface area contributed by atoms with Crippen LogP contribution in [-0.2, 0) is 16.0 Å². The van der Waals surface area contributed by atoms with E-state index in [1.807, 2.05) is 53.1 Å². The zero-order valence-corrected chi connectivity index (χ0v) is 19.2. The number of hydrogen-bond acceptors (Lipinski definition) is 7. The number of carbonyl (C=O) groups is 2. The molecule has 2 aliphatic heterocycles. The fraction of sp³-hybridized carbons (Fsp3) is 0.435. The smallest absolute Gasteiger partial charge is 0.227 e. The third-order valence-electron chi connectivity index (χ3n) is 6.28. The molecule has 0 radical (unpaired) electrons. The van der Waals surface area contributed by atoms with Crippen molar-refractivity contribution in [2.75, 3.05) is 47.9 Å². The molecular formula is C23H27N7O2S. The number of nitrogens with one attached hydrogen (secondary N) is 1. The Bertz CT molecular complexity index is 1120. The van der Waals surface area contributed by atoms with Crippen LogP contribution in [0.1, 0.15) is 18.4 Å². The van der Waals surface area contributed by atoms with Gasteiger partial charge in [0.1, 0.15) is 12.1 Å². The molecule has 2 saturated heterocycles. The number of fused-ring (bicyclic) bond motifs is 1. The van der Waals surface area contributed by atoms with Gasteiger partial charge < -0.3 is 15.1 Å². The van der Waals surface area contributed by atoms with E-state index in [1.165, 1.54) is 0 Å². The summed E-state index contributed by atoms with van der Waals surface area (Å²) in [5.41, 5.74) is 2.46. The second kappa shape index (κ2) is 9.78. The molecule has 2 aliphatic rings. The number of carbonyl (C=O) groups excluding carboxylic acids is 2. The molecule has 0 saturated carbocycles. The first-order valence-electron chi connectivity index (χ1n) is 11.3. The van der Waals surface area contributed by atoms with Crippen LogP contribution in [0.25, 0.3) is 5.65 Å². The predicted octanol–water partition coefficient (Wildman–Crippen LogP) is 2.10. The number of nitrogens with zero attached hydrogens (tertiary/aromatic N) is 6. The Balaban J connectivity index is 1.11. The van der Waals surface area contributed by atoms with Crippen LogP contribution in [0.3, 0.4) is 0 Å². The SMILES string of the molecule is O=C(Nc1ccc(CC(=O)N2CCSCC2)cc1)C1CCN(c2ccc3nncn3n2)CC1. The van der Waals surface area contributed by atoms with Gasteiger partial charge in [-0.2, -0.15) is 16.3 Å². The summed E-state index contributed by atoms with van der Waals surface area (Å²) in [7, 11) is 0. The molecule has 0 spiro atoms. The second-order valence-electron chi connectivity index (χ2n) is 8.44. The number of rotatable bonds is 5. The fourth-order valence-electron chi connectivity index (χ4n) is 4.31. The normalized spacial score (nSPS) is 17.3. The quantitative estimate of drug-likeness (QED) is 0.616. The lowest BCUT2D eigenvalue weighted by atomic mass is 9.95. The van der Waals surface area contributed by atoms with Crippen LogP contribution in [0.15, 0.2) is 42.7 Å². The van der Waals surface area contributed by atoms with Gasteiger partial charge in [-0.3, -0.25) is 9.59 Å². The van der Waals surface area contributed by atoms with E-state index >= 15 is 0 Å². The molecular weight excluding hydrogens is 438 g/mol. The molecule has 2 aromatic heterocycles. The van der Waals surface area contributed by atoms with Crippen molar-refractivity contribution in [1.29, 1.82) is 0 Å². The molecule has 9 nitrogen and oxygen atoms in total. The fourth-order valence-corrected chi connectivity index (χ4v) is 5.21. The molecule has 2 amide bonds. The molecule has 0 bridgehead atoms. The number of hydrogen-bond donors (Lipinski definition) is 1. The van der Waals surface area contributed by atoms with Crippen molar-refractivity contribution in [3.05, 3.63) is 48.3 Å². The number of benzene rings is 1. The largest absolute Gasteiger partial charge is 0.355 e. The van der Waals surface area contributed by atoms with Crippen LogP contribution < -0.4 is 10.2 Å². The summed E-state index contributed by atoms with van der Waals surface area (Å²) in [6.45, 7) is 3.22. The van der Waals surface area contributed by atoms with Crippen molar-refractivity contribution in [2.45, 2.75) is 19.3 Å². The molecule has 0 unspecified atom stereocenters. The highest BCUT2D eigenvalue weighted by Gasteiger charge is 2.26. The molecule has 0 aliphatic carbocycles. The summed E-state index contributed by atoms with van der Waals surface area (Å²) in [4.78, 5) is 29.4. The Labute approximate surface area is 196 Å². The zero-order valence-electron chi connectivity index (χ0n) is 18.4. The average Bonchev–Trinajstić information content (AvgIpc) is 3.34. The highest BCUT2D eigenvalue weighted by Crippen LogP contribution is 2.23. The summed E-state index contributed by atoms with van der Waals surface area (Å²) in [5.74, 6) is 3.10. The van der Waals surface area contributed by atoms with Crippen LogP contribution in [0.2, 0.25) is 0 Å². The molecule has 172 valence electrons. The van der Waals surface area contributed by atoms with E-state index in [1.54, 1.807) is 10.8 Å². The lowest BCUT2D eigenvalue weighted by molar-refractivity contribution is -0.130. The maximum atomic E-state index is 12.8. The molecule has 1 aromatic carbocycles. The minimum atomic E-state index is -0.0295. The first kappa shape index (κ1) is 21.7. The van der Waals surface area contributed by atoms with Crippen LogP contribution in [-0.4, -0.2) is 74.2 Å². The van der Waals surface area contributed by atoms with Gasteiger partial charge in [0.15, 0.2) is 5.65 Å². The van der Waals surface area contributed by atoms with Gasteiger partial charge in [-0.1, -0.05) is 12.1 Å². The van der Waals surface area contributed by atoms with Gasteiger partial charge in [0.05, 0.1) is 6.42 Å². The third-order valence-corrected chi connectivity index (χ3v) is 7.22. The van der Waals surface area contributed by atoms with Crippen LogP contribution >= 0.6 is 11.8 Å². The first-order valence-corrected chi connectivity index (χ1v) is 12.5. The maximum absolute atomic E-state index is 12.8. The number of aromatic nitrogens is 4. The van der Waals surface area contributed by atoms with Gasteiger partial charge in [0, 0.05) is 49.3 Å². The van der Waals surface area contributed by atoms with Crippen molar-refractivity contribution in [1.82, 2.24) is 24.7 Å². The van der Waals surface area contributed by atoms with Gasteiger partial charge >= 0.3 is 0 Å². The van der Waals surface area contributed by atoms with Crippen LogP contribution in [0.5, 0.6) is 0 Å². The van der Waals surface area contributed by atoms with Crippen molar-refractivity contribution in [2.24, 2.45) is 5.92 Å². The standard InChI is InChI=1S/C23H27N7O2S/c31-22(29-11-13-33-14-12-29)15-17-1-3-19(4-2-17)25-23(32)18-7-9-28(10-8-18)21-6-5-20-26-24-16-30(20)27-21/h1-6,16,18H,7-15H2,(H,25,32). The Hall–Kier alpha value is -3.14. The molecule has 5 rings (SSSR count). The molecule has 33 heavy (non-hydrogen) atoms. The van der Waals surface area contributed by atoms with E-state index < -0.39 is 0 Å². The summed E-state index contributed by atoms with van der Waals surface area (Å²) < 4.78 is 1.66.